The normalized spacial score (nSPS) is 24.7. The summed E-state index contributed by atoms with van der Waals surface area (Å²) in [5, 5.41) is 12.4. The van der Waals surface area contributed by atoms with Crippen LogP contribution in [-0.2, 0) is 17.8 Å². The molecule has 6 nitrogen and oxygen atoms in total. The number of allylic oxidation sites excluding steroid dienone is 4. The molecule has 0 saturated heterocycles. The van der Waals surface area contributed by atoms with Crippen LogP contribution in [0, 0.1) is 12.8 Å². The van der Waals surface area contributed by atoms with E-state index in [0.717, 1.165) is 17.7 Å². The maximum absolute atomic E-state index is 15.0. The Bertz CT molecular complexity index is 984. The molecule has 2 aliphatic rings. The largest absolute Gasteiger partial charge is 0.480 e. The lowest BCUT2D eigenvalue weighted by Gasteiger charge is -2.34. The third kappa shape index (κ3) is 4.50. The van der Waals surface area contributed by atoms with Gasteiger partial charge in [0.25, 0.3) is 11.5 Å². The molecule has 0 spiro atoms. The van der Waals surface area contributed by atoms with Gasteiger partial charge >= 0.3 is 5.97 Å². The van der Waals surface area contributed by atoms with Gasteiger partial charge in [-0.2, -0.15) is 0 Å². The van der Waals surface area contributed by atoms with Crippen LogP contribution < -0.4 is 10.9 Å². The number of rotatable bonds is 6. The first-order valence-electron chi connectivity index (χ1n) is 11.0. The third-order valence-electron chi connectivity index (χ3n) is 6.65. The topological polar surface area (TPSA) is 88.4 Å². The molecule has 1 aromatic heterocycles. The Balaban J connectivity index is 1.99. The second kappa shape index (κ2) is 8.81. The number of nitrogens with one attached hydrogen (secondary N) is 1. The Morgan fingerprint density at radius 3 is 2.52 bits per heavy atom. The van der Waals surface area contributed by atoms with E-state index in [-0.39, 0.29) is 12.1 Å². The number of nitrogens with zero attached hydrogens (tertiary/aromatic N) is 1. The van der Waals surface area contributed by atoms with Crippen molar-refractivity contribution in [2.24, 2.45) is 5.92 Å². The summed E-state index contributed by atoms with van der Waals surface area (Å²) >= 11 is 0. The Morgan fingerprint density at radius 2 is 1.94 bits per heavy atom. The van der Waals surface area contributed by atoms with Gasteiger partial charge in [0.1, 0.15) is 16.8 Å². The van der Waals surface area contributed by atoms with Crippen LogP contribution in [0.2, 0.25) is 0 Å². The number of hydrogen-bond donors (Lipinski definition) is 2. The summed E-state index contributed by atoms with van der Waals surface area (Å²) in [5.41, 5.74) is -2.09. The maximum atomic E-state index is 15.0. The number of amides is 1. The monoisotopic (exact) mass is 430 g/mol. The fourth-order valence-corrected chi connectivity index (χ4v) is 4.69. The molecular weight excluding hydrogens is 399 g/mol. The number of hydrogen-bond acceptors (Lipinski definition) is 3. The summed E-state index contributed by atoms with van der Waals surface area (Å²) in [4.78, 5) is 38.4. The molecule has 0 aliphatic heterocycles. The van der Waals surface area contributed by atoms with Crippen molar-refractivity contribution in [3.05, 3.63) is 57.5 Å². The van der Waals surface area contributed by atoms with Crippen LogP contribution in [0.25, 0.3) is 0 Å². The minimum atomic E-state index is -1.61. The summed E-state index contributed by atoms with van der Waals surface area (Å²) in [6.07, 6.45) is 10.2. The average Bonchev–Trinajstić information content (AvgIpc) is 2.72. The van der Waals surface area contributed by atoms with Gasteiger partial charge in [0.05, 0.1) is 0 Å². The standard InChI is InChI=1S/C24H31FN2O4/c1-4-19-16(2)14-18(20(28)26-24(22(30)31)12-7-5-8-13-24)21(29)27(19)15-17-10-6-9-11-23(17,3)25/h6,9-11,14,17H,4-5,7-8,12-13,15H2,1-3H3,(H,26,28)(H,30,31)/t17?,23-/m0/s1. The predicted molar refractivity (Wildman–Crippen MR) is 117 cm³/mol. The Morgan fingerprint density at radius 1 is 1.26 bits per heavy atom. The molecule has 1 aromatic rings. The zero-order valence-corrected chi connectivity index (χ0v) is 18.4. The van der Waals surface area contributed by atoms with Crippen molar-refractivity contribution in [3.8, 4) is 0 Å². The highest BCUT2D eigenvalue weighted by Crippen LogP contribution is 2.31. The number of carboxylic acid groups (broad SMARTS) is 1. The molecule has 168 valence electrons. The molecule has 0 aromatic carbocycles. The molecule has 2 atom stereocenters. The lowest BCUT2D eigenvalue weighted by molar-refractivity contribution is -0.145. The maximum Gasteiger partial charge on any atom is 0.329 e. The molecule has 31 heavy (non-hydrogen) atoms. The Kier molecular flexibility index (Phi) is 6.53. The zero-order valence-electron chi connectivity index (χ0n) is 18.4. The minimum Gasteiger partial charge on any atom is -0.480 e. The summed E-state index contributed by atoms with van der Waals surface area (Å²) in [6.45, 7) is 5.29. The lowest BCUT2D eigenvalue weighted by Crippen LogP contribution is -2.56. The molecular formula is C24H31FN2O4. The highest BCUT2D eigenvalue weighted by molar-refractivity contribution is 5.97. The van der Waals surface area contributed by atoms with Gasteiger partial charge in [-0.15, -0.1) is 0 Å². The van der Waals surface area contributed by atoms with Gasteiger partial charge in [-0.05, 0) is 50.8 Å². The van der Waals surface area contributed by atoms with Crippen LogP contribution >= 0.6 is 0 Å². The van der Waals surface area contributed by atoms with E-state index in [1.807, 2.05) is 13.8 Å². The first-order valence-corrected chi connectivity index (χ1v) is 11.0. The highest BCUT2D eigenvalue weighted by atomic mass is 19.1. The van der Waals surface area contributed by atoms with E-state index < -0.39 is 34.6 Å². The van der Waals surface area contributed by atoms with E-state index >= 15 is 0 Å². The first kappa shape index (κ1) is 23.0. The second-order valence-electron chi connectivity index (χ2n) is 8.86. The van der Waals surface area contributed by atoms with Gasteiger partial charge in [-0.25, -0.2) is 9.18 Å². The van der Waals surface area contributed by atoms with Gasteiger partial charge in [0.15, 0.2) is 0 Å². The number of aromatic nitrogens is 1. The molecule has 1 saturated carbocycles. The van der Waals surface area contributed by atoms with E-state index in [1.165, 1.54) is 23.6 Å². The minimum absolute atomic E-state index is 0.0991. The number of pyridine rings is 1. The SMILES string of the molecule is CCc1c(C)cc(C(=O)NC2(C(=O)O)CCCCC2)c(=O)n1CC1C=CC=C[C@]1(C)F. The van der Waals surface area contributed by atoms with Crippen molar-refractivity contribution >= 4 is 11.9 Å². The van der Waals surface area contributed by atoms with E-state index in [1.54, 1.807) is 18.2 Å². The average molecular weight is 431 g/mol. The molecule has 2 aliphatic carbocycles. The van der Waals surface area contributed by atoms with Gasteiger partial charge in [0, 0.05) is 18.2 Å². The number of aryl methyl sites for hydroxylation is 1. The zero-order chi connectivity index (χ0) is 22.8. The smallest absolute Gasteiger partial charge is 0.329 e. The molecule has 0 radical (unpaired) electrons. The fraction of sp³-hybridized carbons (Fsp3) is 0.542. The molecule has 3 rings (SSSR count). The quantitative estimate of drug-likeness (QED) is 0.720. The van der Waals surface area contributed by atoms with Crippen molar-refractivity contribution < 1.29 is 19.1 Å². The Hall–Kier alpha value is -2.70. The number of alkyl halides is 1. The van der Waals surface area contributed by atoms with Crippen LogP contribution in [0.4, 0.5) is 4.39 Å². The molecule has 1 amide bonds. The summed E-state index contributed by atoms with van der Waals surface area (Å²) in [6, 6.07) is 1.52. The van der Waals surface area contributed by atoms with Gasteiger partial charge in [0.2, 0.25) is 0 Å². The van der Waals surface area contributed by atoms with Gasteiger partial charge in [-0.1, -0.05) is 44.4 Å². The van der Waals surface area contributed by atoms with Crippen LogP contribution in [0.15, 0.2) is 35.2 Å². The predicted octanol–water partition coefficient (Wildman–Crippen LogP) is 3.71. The van der Waals surface area contributed by atoms with Crippen molar-refractivity contribution in [3.63, 3.8) is 0 Å². The molecule has 0 bridgehead atoms. The Labute approximate surface area is 181 Å². The summed E-state index contributed by atoms with van der Waals surface area (Å²) < 4.78 is 16.5. The number of halogens is 1. The molecule has 1 fully saturated rings. The molecule has 7 heteroatoms. The van der Waals surface area contributed by atoms with Crippen molar-refractivity contribution in [2.45, 2.75) is 77.0 Å². The van der Waals surface area contributed by atoms with Crippen molar-refractivity contribution in [2.75, 3.05) is 0 Å². The van der Waals surface area contributed by atoms with Crippen molar-refractivity contribution in [1.82, 2.24) is 9.88 Å². The fourth-order valence-electron chi connectivity index (χ4n) is 4.69. The van der Waals surface area contributed by atoms with E-state index in [9.17, 15) is 23.9 Å². The number of carbonyl (C=O) groups is 2. The lowest BCUT2D eigenvalue weighted by atomic mass is 9.81. The van der Waals surface area contributed by atoms with Crippen molar-refractivity contribution in [1.29, 1.82) is 0 Å². The van der Waals surface area contributed by atoms with Crippen LogP contribution in [0.3, 0.4) is 0 Å². The molecule has 1 unspecified atom stereocenters. The number of carboxylic acids is 1. The third-order valence-corrected chi connectivity index (χ3v) is 6.65. The number of aliphatic carboxylic acids is 1. The molecule has 2 N–H and O–H groups in total. The second-order valence-corrected chi connectivity index (χ2v) is 8.86. The first-order chi connectivity index (χ1) is 14.6. The van der Waals surface area contributed by atoms with Crippen LogP contribution in [0.5, 0.6) is 0 Å². The molecule has 1 heterocycles. The van der Waals surface area contributed by atoms with E-state index in [2.05, 4.69) is 5.32 Å². The van der Waals surface area contributed by atoms with E-state index in [4.69, 9.17) is 0 Å². The highest BCUT2D eigenvalue weighted by Gasteiger charge is 2.41. The number of carbonyl (C=O) groups excluding carboxylic acids is 1. The van der Waals surface area contributed by atoms with Gasteiger partial charge in [-0.3, -0.25) is 9.59 Å². The summed E-state index contributed by atoms with van der Waals surface area (Å²) in [7, 11) is 0. The van der Waals surface area contributed by atoms with E-state index in [0.29, 0.717) is 32.1 Å². The summed E-state index contributed by atoms with van der Waals surface area (Å²) in [5.74, 6) is -2.31. The van der Waals surface area contributed by atoms with Crippen LogP contribution in [0.1, 0.15) is 67.6 Å². The van der Waals surface area contributed by atoms with Gasteiger partial charge < -0.3 is 15.0 Å². The van der Waals surface area contributed by atoms with Crippen LogP contribution in [-0.4, -0.2) is 32.8 Å².